The van der Waals surface area contributed by atoms with Gasteiger partial charge in [0.2, 0.25) is 0 Å². The molecule has 4 saturated carbocycles. The number of Topliss-reactive ketones (excluding diaryl/α,β-unsaturated/α-hetero) is 1. The molecule has 22 heavy (non-hydrogen) atoms. The van der Waals surface area contributed by atoms with Crippen LogP contribution < -0.4 is 0 Å². The van der Waals surface area contributed by atoms with Gasteiger partial charge in [-0.25, -0.2) is 0 Å². The molecule has 124 valence electrons. The van der Waals surface area contributed by atoms with Crippen molar-refractivity contribution in [3.8, 4) is 0 Å². The van der Waals surface area contributed by atoms with Crippen LogP contribution >= 0.6 is 0 Å². The summed E-state index contributed by atoms with van der Waals surface area (Å²) in [7, 11) is 0. The molecular formula is C19H30O3. The van der Waals surface area contributed by atoms with Crippen molar-refractivity contribution in [2.45, 2.75) is 77.4 Å². The largest absolute Gasteiger partial charge is 0.393 e. The normalized spacial score (nSPS) is 57.9. The molecule has 4 fully saturated rings. The number of rotatable bonds is 0. The van der Waals surface area contributed by atoms with Gasteiger partial charge in [0.15, 0.2) is 0 Å². The number of hydrogen-bond acceptors (Lipinski definition) is 3. The predicted octanol–water partition coefficient (Wildman–Crippen LogP) is 2.93. The molecule has 0 heterocycles. The van der Waals surface area contributed by atoms with Gasteiger partial charge in [0.05, 0.1) is 12.2 Å². The quantitative estimate of drug-likeness (QED) is 0.723. The second-order valence-corrected chi connectivity index (χ2v) is 9.20. The number of aliphatic hydroxyl groups excluding tert-OH is 2. The summed E-state index contributed by atoms with van der Waals surface area (Å²) in [5.41, 5.74) is -0.0796. The fourth-order valence-electron chi connectivity index (χ4n) is 7.03. The van der Waals surface area contributed by atoms with Crippen LogP contribution in [-0.4, -0.2) is 28.2 Å². The van der Waals surface area contributed by atoms with Gasteiger partial charge in [-0.2, -0.15) is 0 Å². The van der Waals surface area contributed by atoms with Crippen LogP contribution in [0, 0.1) is 34.5 Å². The lowest BCUT2D eigenvalue weighted by Crippen LogP contribution is -2.58. The van der Waals surface area contributed by atoms with E-state index in [1.54, 1.807) is 0 Å². The molecule has 0 unspecified atom stereocenters. The summed E-state index contributed by atoms with van der Waals surface area (Å²) in [5, 5.41) is 20.5. The van der Waals surface area contributed by atoms with Crippen LogP contribution in [0.2, 0.25) is 0 Å². The molecule has 4 aliphatic rings. The molecule has 0 aliphatic heterocycles. The van der Waals surface area contributed by atoms with E-state index in [0.29, 0.717) is 30.0 Å². The van der Waals surface area contributed by atoms with E-state index in [4.69, 9.17) is 0 Å². The molecule has 3 heteroatoms. The van der Waals surface area contributed by atoms with Crippen LogP contribution in [-0.2, 0) is 4.79 Å². The number of ketones is 1. The first kappa shape index (κ1) is 15.1. The van der Waals surface area contributed by atoms with E-state index in [9.17, 15) is 15.0 Å². The fourth-order valence-corrected chi connectivity index (χ4v) is 7.03. The molecule has 0 aromatic carbocycles. The van der Waals surface area contributed by atoms with Gasteiger partial charge in [0, 0.05) is 17.8 Å². The van der Waals surface area contributed by atoms with Gasteiger partial charge in [-0.3, -0.25) is 4.79 Å². The average Bonchev–Trinajstić information content (AvgIpc) is 2.75. The molecule has 4 rings (SSSR count). The standard InChI is InChI=1S/C19H30O3/c1-18-8-7-12(20)9-11(18)3-4-13-14-5-6-16(22)19(14,2)10-15(21)17(13)18/h11-14,16-17,20,22H,3-10H2,1-2H3/t11-,12-,13-,14+,16-,17+,18+,19+/m0/s1. The van der Waals surface area contributed by atoms with E-state index in [2.05, 4.69) is 13.8 Å². The Kier molecular flexibility index (Phi) is 3.30. The molecule has 0 aromatic heterocycles. The molecule has 0 spiro atoms. The fraction of sp³-hybridized carbons (Fsp3) is 0.947. The van der Waals surface area contributed by atoms with Gasteiger partial charge in [0.25, 0.3) is 0 Å². The van der Waals surface area contributed by atoms with Crippen LogP contribution in [0.5, 0.6) is 0 Å². The Morgan fingerprint density at radius 2 is 1.77 bits per heavy atom. The van der Waals surface area contributed by atoms with Gasteiger partial charge >= 0.3 is 0 Å². The lowest BCUT2D eigenvalue weighted by Gasteiger charge is -2.59. The third-order valence-corrected chi connectivity index (χ3v) is 8.27. The minimum atomic E-state index is -0.291. The Morgan fingerprint density at radius 3 is 2.55 bits per heavy atom. The SMILES string of the molecule is C[C@@]12CC(=O)[C@H]3[C@@H](CC[C@H]4C[C@@H](O)CC[C@]43C)[C@H]1CC[C@@H]2O. The molecule has 0 radical (unpaired) electrons. The summed E-state index contributed by atoms with van der Waals surface area (Å²) < 4.78 is 0. The zero-order valence-electron chi connectivity index (χ0n) is 13.9. The summed E-state index contributed by atoms with van der Waals surface area (Å²) in [6.45, 7) is 4.48. The number of hydrogen-bond donors (Lipinski definition) is 2. The van der Waals surface area contributed by atoms with Crippen molar-refractivity contribution in [3.05, 3.63) is 0 Å². The van der Waals surface area contributed by atoms with E-state index in [1.807, 2.05) is 0 Å². The molecular weight excluding hydrogens is 276 g/mol. The molecule has 4 aliphatic carbocycles. The van der Waals surface area contributed by atoms with Crippen LogP contribution in [0.4, 0.5) is 0 Å². The lowest BCUT2D eigenvalue weighted by atomic mass is 9.45. The zero-order valence-corrected chi connectivity index (χ0v) is 13.9. The van der Waals surface area contributed by atoms with Crippen molar-refractivity contribution < 1.29 is 15.0 Å². The Labute approximate surface area is 133 Å². The smallest absolute Gasteiger partial charge is 0.137 e. The minimum absolute atomic E-state index is 0.0914. The lowest BCUT2D eigenvalue weighted by molar-refractivity contribution is -0.164. The number of fused-ring (bicyclic) bond motifs is 5. The monoisotopic (exact) mass is 306 g/mol. The van der Waals surface area contributed by atoms with Crippen molar-refractivity contribution in [1.29, 1.82) is 0 Å². The summed E-state index contributed by atoms with van der Waals surface area (Å²) in [4.78, 5) is 13.1. The first-order valence-electron chi connectivity index (χ1n) is 9.25. The zero-order chi connectivity index (χ0) is 15.7. The van der Waals surface area contributed by atoms with E-state index in [1.165, 1.54) is 0 Å². The molecule has 0 amide bonds. The molecule has 2 N–H and O–H groups in total. The highest BCUT2D eigenvalue weighted by atomic mass is 16.3. The van der Waals surface area contributed by atoms with Crippen molar-refractivity contribution in [2.24, 2.45) is 34.5 Å². The third kappa shape index (κ3) is 1.84. The maximum absolute atomic E-state index is 13.1. The van der Waals surface area contributed by atoms with E-state index >= 15 is 0 Å². The summed E-state index contributed by atoms with van der Waals surface area (Å²) >= 11 is 0. The topological polar surface area (TPSA) is 57.5 Å². The van der Waals surface area contributed by atoms with Crippen LogP contribution in [0.25, 0.3) is 0 Å². The van der Waals surface area contributed by atoms with Crippen LogP contribution in [0.3, 0.4) is 0 Å². The molecule has 0 bridgehead atoms. The third-order valence-electron chi connectivity index (χ3n) is 8.27. The number of carbonyl (C=O) groups excluding carboxylic acids is 1. The summed E-state index contributed by atoms with van der Waals surface area (Å²) in [6, 6.07) is 0. The summed E-state index contributed by atoms with van der Waals surface area (Å²) in [6.07, 6.45) is 7.11. The van der Waals surface area contributed by atoms with Gasteiger partial charge in [-0.05, 0) is 68.1 Å². The van der Waals surface area contributed by atoms with Gasteiger partial charge in [0.1, 0.15) is 5.78 Å². The number of aliphatic hydroxyl groups is 2. The van der Waals surface area contributed by atoms with E-state index < -0.39 is 0 Å². The highest BCUT2D eigenvalue weighted by Crippen LogP contribution is 2.65. The van der Waals surface area contributed by atoms with Gasteiger partial charge in [-0.1, -0.05) is 13.8 Å². The van der Waals surface area contributed by atoms with E-state index in [0.717, 1.165) is 44.9 Å². The minimum Gasteiger partial charge on any atom is -0.393 e. The second-order valence-electron chi connectivity index (χ2n) is 9.20. The average molecular weight is 306 g/mol. The van der Waals surface area contributed by atoms with Crippen molar-refractivity contribution in [3.63, 3.8) is 0 Å². The second kappa shape index (κ2) is 4.80. The van der Waals surface area contributed by atoms with Crippen molar-refractivity contribution >= 4 is 5.78 Å². The van der Waals surface area contributed by atoms with Crippen molar-refractivity contribution in [1.82, 2.24) is 0 Å². The highest BCUT2D eigenvalue weighted by Gasteiger charge is 2.63. The van der Waals surface area contributed by atoms with Gasteiger partial charge in [-0.15, -0.1) is 0 Å². The van der Waals surface area contributed by atoms with Gasteiger partial charge < -0.3 is 10.2 Å². The first-order chi connectivity index (χ1) is 10.4. The molecule has 8 atom stereocenters. The van der Waals surface area contributed by atoms with Crippen LogP contribution in [0.1, 0.15) is 65.2 Å². The maximum atomic E-state index is 13.1. The molecule has 3 nitrogen and oxygen atoms in total. The Balaban J connectivity index is 1.69. The molecule has 0 saturated heterocycles. The summed E-state index contributed by atoms with van der Waals surface area (Å²) in [5.74, 6) is 2.10. The Morgan fingerprint density at radius 1 is 1.00 bits per heavy atom. The van der Waals surface area contributed by atoms with Crippen LogP contribution in [0.15, 0.2) is 0 Å². The highest BCUT2D eigenvalue weighted by molar-refractivity contribution is 5.84. The van der Waals surface area contributed by atoms with Crippen molar-refractivity contribution in [2.75, 3.05) is 0 Å². The maximum Gasteiger partial charge on any atom is 0.137 e. The molecule has 0 aromatic rings. The van der Waals surface area contributed by atoms with E-state index in [-0.39, 0.29) is 29.0 Å². The predicted molar refractivity (Wildman–Crippen MR) is 84.1 cm³/mol. The first-order valence-corrected chi connectivity index (χ1v) is 9.25. The Bertz CT molecular complexity index is 489. The number of carbonyl (C=O) groups is 1. The Hall–Kier alpha value is -0.410.